The summed E-state index contributed by atoms with van der Waals surface area (Å²) in [6.07, 6.45) is 0. The van der Waals surface area contributed by atoms with E-state index in [-0.39, 0.29) is 79.1 Å². The Morgan fingerprint density at radius 3 is 1.00 bits per heavy atom. The third kappa shape index (κ3) is 8.82. The second-order valence-electron chi connectivity index (χ2n) is 0. The van der Waals surface area contributed by atoms with Crippen LogP contribution in [-0.4, -0.2) is 0 Å². The molecule has 0 bridgehead atoms. The standard InChI is InChI=1S/Ag.Ni.Ti.V. The summed E-state index contributed by atoms with van der Waals surface area (Å²) in [5, 5.41) is 0. The van der Waals surface area contributed by atoms with Crippen LogP contribution in [0.5, 0.6) is 0 Å². The number of rotatable bonds is 0. The van der Waals surface area contributed by atoms with Crippen LogP contribution in [0.25, 0.3) is 0 Å². The third-order valence-electron chi connectivity index (χ3n) is 0. The number of hydrogen-bond donors (Lipinski definition) is 0. The van der Waals surface area contributed by atoms with E-state index in [1.54, 1.807) is 0 Å². The van der Waals surface area contributed by atoms with Crippen LogP contribution in [0.15, 0.2) is 0 Å². The zero-order valence-corrected chi connectivity index (χ0v) is 6.99. The zero-order chi connectivity index (χ0) is 0. The fourth-order valence-electron chi connectivity index (χ4n) is 0. The normalized spacial score (nSPS) is 0. The van der Waals surface area contributed by atoms with Crippen molar-refractivity contribution in [1.82, 2.24) is 0 Å². The van der Waals surface area contributed by atoms with Gasteiger partial charge < -0.3 is 0 Å². The fraction of sp³-hybridized carbons (Fsp3) is 0. The minimum Gasteiger partial charge on any atom is 0 e. The molecule has 4 heavy (non-hydrogen) atoms. The van der Waals surface area contributed by atoms with Gasteiger partial charge in [-0.25, -0.2) is 0 Å². The Labute approximate surface area is 78.1 Å². The van der Waals surface area contributed by atoms with Crippen LogP contribution in [-0.2, 0) is 79.1 Å². The van der Waals surface area contributed by atoms with Crippen molar-refractivity contribution >= 4 is 0 Å². The molecule has 0 aromatic carbocycles. The molecule has 0 rings (SSSR count). The fourth-order valence-corrected chi connectivity index (χ4v) is 0. The average Bonchev–Trinajstić information content (AvgIpc) is 0. The molecule has 0 saturated heterocycles. The van der Waals surface area contributed by atoms with E-state index in [2.05, 4.69) is 0 Å². The molecule has 0 atom stereocenters. The molecule has 0 aliphatic heterocycles. The first-order chi connectivity index (χ1) is 0. The molecule has 0 aliphatic carbocycles. The molecule has 0 saturated carbocycles. The average molecular weight is 265 g/mol. The Balaban J connectivity index is 0. The smallest absolute Gasteiger partial charge is 0 e. The molecule has 0 aromatic heterocycles. The van der Waals surface area contributed by atoms with E-state index in [9.17, 15) is 0 Å². The summed E-state index contributed by atoms with van der Waals surface area (Å²) in [7, 11) is 0. The van der Waals surface area contributed by atoms with Gasteiger partial charge in [0.05, 0.1) is 0 Å². The maximum atomic E-state index is 0. The molecule has 0 amide bonds. The van der Waals surface area contributed by atoms with Gasteiger partial charge >= 0.3 is 0 Å². The molecule has 30 valence electrons. The largest absolute Gasteiger partial charge is 0 e. The van der Waals surface area contributed by atoms with Crippen LogP contribution in [0.1, 0.15) is 0 Å². The van der Waals surface area contributed by atoms with Crippen LogP contribution in [0.3, 0.4) is 0 Å². The Morgan fingerprint density at radius 1 is 1.00 bits per heavy atom. The molecule has 0 spiro atoms. The van der Waals surface area contributed by atoms with Gasteiger partial charge in [0.25, 0.3) is 0 Å². The monoisotopic (exact) mass is 264 g/mol. The molecule has 0 N–H and O–H groups in total. The van der Waals surface area contributed by atoms with Gasteiger partial charge in [0.1, 0.15) is 0 Å². The first-order valence-corrected chi connectivity index (χ1v) is 0. The van der Waals surface area contributed by atoms with Gasteiger partial charge in [0.15, 0.2) is 0 Å². The van der Waals surface area contributed by atoms with E-state index in [1.165, 1.54) is 0 Å². The van der Waals surface area contributed by atoms with E-state index in [0.717, 1.165) is 0 Å². The van der Waals surface area contributed by atoms with Crippen molar-refractivity contribution in [3.63, 3.8) is 0 Å². The molecule has 2 radical (unpaired) electrons. The predicted octanol–water partition coefficient (Wildman–Crippen LogP) is -0.0100. The van der Waals surface area contributed by atoms with Crippen LogP contribution < -0.4 is 0 Å². The first kappa shape index (κ1) is 31.2. The van der Waals surface area contributed by atoms with Crippen LogP contribution in [0.2, 0.25) is 0 Å². The second-order valence-corrected chi connectivity index (χ2v) is 0. The molecule has 4 heteroatoms. The molecule has 0 aromatic rings. The van der Waals surface area contributed by atoms with Gasteiger partial charge in [-0.3, -0.25) is 0 Å². The van der Waals surface area contributed by atoms with Gasteiger partial charge in [-0.1, -0.05) is 0 Å². The molecule has 0 unspecified atom stereocenters. The Hall–Kier alpha value is 2.53. The minimum atomic E-state index is 0. The van der Waals surface area contributed by atoms with E-state index in [0.29, 0.717) is 0 Å². The Kier molecular flexibility index (Phi) is 138. The summed E-state index contributed by atoms with van der Waals surface area (Å²) in [6, 6.07) is 0. The van der Waals surface area contributed by atoms with Crippen molar-refractivity contribution in [3.8, 4) is 0 Å². The first-order valence-electron chi connectivity index (χ1n) is 0. The van der Waals surface area contributed by atoms with Gasteiger partial charge in [0, 0.05) is 79.1 Å². The summed E-state index contributed by atoms with van der Waals surface area (Å²) in [4.78, 5) is 0. The zero-order valence-electron chi connectivity index (χ0n) is 1.56. The Bertz CT molecular complexity index is 8.00. The minimum absolute atomic E-state index is 0. The van der Waals surface area contributed by atoms with Gasteiger partial charge in [-0.15, -0.1) is 0 Å². The van der Waals surface area contributed by atoms with Gasteiger partial charge in [-0.2, -0.15) is 0 Å². The van der Waals surface area contributed by atoms with E-state index in [4.69, 9.17) is 0 Å². The van der Waals surface area contributed by atoms with Crippen LogP contribution >= 0.6 is 0 Å². The van der Waals surface area contributed by atoms with Crippen molar-refractivity contribution in [3.05, 3.63) is 0 Å². The summed E-state index contributed by atoms with van der Waals surface area (Å²) in [6.45, 7) is 0. The predicted molar refractivity (Wildman–Crippen MR) is 0 cm³/mol. The molecular weight excluding hydrogens is 265 g/mol. The van der Waals surface area contributed by atoms with Crippen molar-refractivity contribution < 1.29 is 79.1 Å². The maximum Gasteiger partial charge on any atom is 0 e. The number of hydrogen-bond acceptors (Lipinski definition) is 0. The second kappa shape index (κ2) is 17.7. The topological polar surface area (TPSA) is 0 Å². The molecule has 0 heterocycles. The van der Waals surface area contributed by atoms with E-state index >= 15 is 0 Å². The molecular formula is AgNiTiV. The van der Waals surface area contributed by atoms with E-state index < -0.39 is 0 Å². The quantitative estimate of drug-likeness (QED) is 0.541. The Morgan fingerprint density at radius 2 is 1.00 bits per heavy atom. The summed E-state index contributed by atoms with van der Waals surface area (Å²) in [5.41, 5.74) is 0. The summed E-state index contributed by atoms with van der Waals surface area (Å²) < 4.78 is 0. The van der Waals surface area contributed by atoms with Crippen LogP contribution in [0, 0.1) is 0 Å². The molecule has 0 fully saturated rings. The summed E-state index contributed by atoms with van der Waals surface area (Å²) >= 11 is 0. The van der Waals surface area contributed by atoms with Crippen molar-refractivity contribution in [2.24, 2.45) is 0 Å². The maximum absolute atomic E-state index is 0. The van der Waals surface area contributed by atoms with Crippen molar-refractivity contribution in [1.29, 1.82) is 0 Å². The van der Waals surface area contributed by atoms with Gasteiger partial charge in [0.2, 0.25) is 0 Å². The summed E-state index contributed by atoms with van der Waals surface area (Å²) in [5.74, 6) is 0. The SMILES string of the molecule is [Ag].[Ni].[Ti].[V]. The van der Waals surface area contributed by atoms with Crippen LogP contribution in [0.4, 0.5) is 0 Å². The molecule has 0 nitrogen and oxygen atoms in total. The third-order valence-corrected chi connectivity index (χ3v) is 0. The van der Waals surface area contributed by atoms with Crippen molar-refractivity contribution in [2.75, 3.05) is 0 Å². The van der Waals surface area contributed by atoms with E-state index in [1.807, 2.05) is 0 Å². The molecule has 0 aliphatic rings. The van der Waals surface area contributed by atoms with Gasteiger partial charge in [-0.05, 0) is 0 Å². The van der Waals surface area contributed by atoms with Crippen molar-refractivity contribution in [2.45, 2.75) is 0 Å².